The third-order valence-electron chi connectivity index (χ3n) is 2.20. The van der Waals surface area contributed by atoms with Crippen LogP contribution in [0.15, 0.2) is 12.3 Å². The van der Waals surface area contributed by atoms with Crippen molar-refractivity contribution in [3.05, 3.63) is 28.5 Å². The van der Waals surface area contributed by atoms with Crippen molar-refractivity contribution in [2.75, 3.05) is 13.7 Å². The lowest BCUT2D eigenvalue weighted by molar-refractivity contribution is 0.0533. The van der Waals surface area contributed by atoms with Crippen molar-refractivity contribution >= 4 is 23.7 Å². The number of hydrogen-bond donors (Lipinski definition) is 1. The van der Waals surface area contributed by atoms with Crippen LogP contribution in [-0.2, 0) is 9.47 Å². The molecule has 1 heterocycles. The third kappa shape index (κ3) is 6.02. The molecule has 1 aromatic rings. The van der Waals surface area contributed by atoms with Gasteiger partial charge < -0.3 is 14.8 Å². The molecule has 118 valence electrons. The maximum absolute atomic E-state index is 11.5. The first-order valence-electron chi connectivity index (χ1n) is 6.42. The molecule has 0 aromatic carbocycles. The average Bonchev–Trinajstić information content (AvgIpc) is 2.42. The van der Waals surface area contributed by atoms with E-state index in [0.717, 1.165) is 0 Å². The molecule has 1 aromatic heterocycles. The van der Waals surface area contributed by atoms with Gasteiger partial charge in [0.2, 0.25) is 0 Å². The van der Waals surface area contributed by atoms with Gasteiger partial charge in [0.1, 0.15) is 10.8 Å². The first-order chi connectivity index (χ1) is 10.2. The van der Waals surface area contributed by atoms with E-state index < -0.39 is 17.7 Å². The Labute approximate surface area is 134 Å². The van der Waals surface area contributed by atoms with E-state index in [9.17, 15) is 9.59 Å². The minimum Gasteiger partial charge on any atom is -0.465 e. The van der Waals surface area contributed by atoms with Crippen LogP contribution in [0, 0.1) is 11.8 Å². The number of halogens is 1. The molecule has 7 heteroatoms. The Balaban J connectivity index is 2.66. The number of esters is 1. The van der Waals surface area contributed by atoms with Gasteiger partial charge >= 0.3 is 12.1 Å². The molecule has 0 spiro atoms. The van der Waals surface area contributed by atoms with Crippen LogP contribution in [-0.4, -0.2) is 36.3 Å². The number of methoxy groups -OCH3 is 1. The molecular formula is C15H17ClN2O4. The molecule has 0 fully saturated rings. The summed E-state index contributed by atoms with van der Waals surface area (Å²) in [6.07, 6.45) is 0.876. The number of nitrogens with one attached hydrogen (secondary N) is 1. The van der Waals surface area contributed by atoms with Crippen LogP contribution in [0.4, 0.5) is 4.79 Å². The molecule has 0 saturated carbocycles. The Kier molecular flexibility index (Phi) is 6.20. The predicted octanol–water partition coefficient (Wildman–Crippen LogP) is 2.40. The van der Waals surface area contributed by atoms with Gasteiger partial charge in [-0.3, -0.25) is 0 Å². The Morgan fingerprint density at radius 1 is 1.41 bits per heavy atom. The highest BCUT2D eigenvalue weighted by molar-refractivity contribution is 6.32. The zero-order valence-electron chi connectivity index (χ0n) is 12.8. The Morgan fingerprint density at radius 2 is 2.09 bits per heavy atom. The van der Waals surface area contributed by atoms with Crippen molar-refractivity contribution in [1.82, 2.24) is 10.3 Å². The SMILES string of the molecule is COC(=O)c1cc(C#CCNC(=O)OC(C)(C)C)cnc1Cl. The van der Waals surface area contributed by atoms with Crippen molar-refractivity contribution in [2.45, 2.75) is 26.4 Å². The molecule has 0 bridgehead atoms. The van der Waals surface area contributed by atoms with Gasteiger partial charge in [-0.1, -0.05) is 23.4 Å². The van der Waals surface area contributed by atoms with Gasteiger partial charge in [-0.25, -0.2) is 14.6 Å². The van der Waals surface area contributed by atoms with E-state index in [-0.39, 0.29) is 17.3 Å². The molecule has 1 amide bonds. The molecule has 0 aliphatic rings. The number of hydrogen-bond acceptors (Lipinski definition) is 5. The number of carbonyl (C=O) groups excluding carboxylic acids is 2. The van der Waals surface area contributed by atoms with Crippen LogP contribution in [0.25, 0.3) is 0 Å². The lowest BCUT2D eigenvalue weighted by atomic mass is 10.2. The number of carbonyl (C=O) groups is 2. The Bertz CT molecular complexity index is 627. The van der Waals surface area contributed by atoms with Gasteiger partial charge in [-0.05, 0) is 26.8 Å². The number of ether oxygens (including phenoxy) is 2. The fourth-order valence-electron chi connectivity index (χ4n) is 1.35. The monoisotopic (exact) mass is 324 g/mol. The van der Waals surface area contributed by atoms with Gasteiger partial charge in [-0.2, -0.15) is 0 Å². The highest BCUT2D eigenvalue weighted by Gasteiger charge is 2.15. The van der Waals surface area contributed by atoms with Crippen LogP contribution in [0.2, 0.25) is 5.15 Å². The van der Waals surface area contributed by atoms with Crippen LogP contribution in [0.5, 0.6) is 0 Å². The fourth-order valence-corrected chi connectivity index (χ4v) is 1.53. The molecule has 1 N–H and O–H groups in total. The molecule has 22 heavy (non-hydrogen) atoms. The number of rotatable bonds is 2. The van der Waals surface area contributed by atoms with Crippen LogP contribution in [0.1, 0.15) is 36.7 Å². The Hall–Kier alpha value is -2.26. The number of alkyl carbamates (subject to hydrolysis) is 1. The van der Waals surface area contributed by atoms with E-state index in [4.69, 9.17) is 16.3 Å². The summed E-state index contributed by atoms with van der Waals surface area (Å²) in [6, 6.07) is 1.47. The molecule has 0 aliphatic heterocycles. The van der Waals surface area contributed by atoms with E-state index in [1.54, 1.807) is 20.8 Å². The van der Waals surface area contributed by atoms with E-state index >= 15 is 0 Å². The smallest absolute Gasteiger partial charge is 0.408 e. The number of nitrogens with zero attached hydrogens (tertiary/aromatic N) is 1. The molecule has 0 atom stereocenters. The van der Waals surface area contributed by atoms with E-state index in [1.165, 1.54) is 19.4 Å². The largest absolute Gasteiger partial charge is 0.465 e. The highest BCUT2D eigenvalue weighted by Crippen LogP contribution is 2.14. The molecular weight excluding hydrogens is 308 g/mol. The normalized spacial score (nSPS) is 10.2. The zero-order chi connectivity index (χ0) is 16.8. The maximum atomic E-state index is 11.5. The summed E-state index contributed by atoms with van der Waals surface area (Å²) in [6.45, 7) is 5.41. The fraction of sp³-hybridized carbons (Fsp3) is 0.400. The molecule has 0 saturated heterocycles. The van der Waals surface area contributed by atoms with E-state index in [0.29, 0.717) is 5.56 Å². The topological polar surface area (TPSA) is 77.5 Å². The van der Waals surface area contributed by atoms with Crippen molar-refractivity contribution in [1.29, 1.82) is 0 Å². The minimum atomic E-state index is -0.590. The summed E-state index contributed by atoms with van der Waals surface area (Å²) in [5.41, 5.74) is 0.0550. The standard InChI is InChI=1S/C15H17ClN2O4/c1-15(2,3)22-14(20)17-7-5-6-10-8-11(13(19)21-4)12(16)18-9-10/h8-9H,7H2,1-4H3,(H,17,20). The third-order valence-corrected chi connectivity index (χ3v) is 2.50. The number of aromatic nitrogens is 1. The summed E-state index contributed by atoms with van der Waals surface area (Å²) in [4.78, 5) is 26.7. The maximum Gasteiger partial charge on any atom is 0.408 e. The van der Waals surface area contributed by atoms with Crippen LogP contribution in [0.3, 0.4) is 0 Å². The second-order valence-corrected chi connectivity index (χ2v) is 5.57. The molecule has 6 nitrogen and oxygen atoms in total. The molecule has 0 unspecified atom stereocenters. The second-order valence-electron chi connectivity index (χ2n) is 5.21. The summed E-state index contributed by atoms with van der Waals surface area (Å²) in [5.74, 6) is 4.90. The lowest BCUT2D eigenvalue weighted by Crippen LogP contribution is -2.32. The van der Waals surface area contributed by atoms with Gasteiger partial charge in [-0.15, -0.1) is 0 Å². The van der Waals surface area contributed by atoms with Crippen molar-refractivity contribution in [3.8, 4) is 11.8 Å². The van der Waals surface area contributed by atoms with Gasteiger partial charge in [0.05, 0.1) is 19.2 Å². The number of amides is 1. The predicted molar refractivity (Wildman–Crippen MR) is 81.7 cm³/mol. The molecule has 0 aliphatic carbocycles. The Morgan fingerprint density at radius 3 is 2.68 bits per heavy atom. The number of pyridine rings is 1. The van der Waals surface area contributed by atoms with Crippen molar-refractivity contribution in [3.63, 3.8) is 0 Å². The minimum absolute atomic E-state index is 0.0456. The van der Waals surface area contributed by atoms with Gasteiger partial charge in [0.15, 0.2) is 0 Å². The average molecular weight is 325 g/mol. The van der Waals surface area contributed by atoms with Crippen molar-refractivity contribution in [2.24, 2.45) is 0 Å². The van der Waals surface area contributed by atoms with E-state index in [1.807, 2.05) is 0 Å². The second kappa shape index (κ2) is 7.66. The lowest BCUT2D eigenvalue weighted by Gasteiger charge is -2.18. The first-order valence-corrected chi connectivity index (χ1v) is 6.80. The molecule has 1 rings (SSSR count). The summed E-state index contributed by atoms with van der Waals surface area (Å²) < 4.78 is 9.65. The van der Waals surface area contributed by atoms with Gasteiger partial charge in [0.25, 0.3) is 0 Å². The summed E-state index contributed by atoms with van der Waals surface area (Å²) in [5, 5.41) is 2.54. The summed E-state index contributed by atoms with van der Waals surface area (Å²) >= 11 is 5.80. The van der Waals surface area contributed by atoms with Crippen LogP contribution >= 0.6 is 11.6 Å². The highest BCUT2D eigenvalue weighted by atomic mass is 35.5. The van der Waals surface area contributed by atoms with Crippen LogP contribution < -0.4 is 5.32 Å². The molecule has 0 radical (unpaired) electrons. The van der Waals surface area contributed by atoms with E-state index in [2.05, 4.69) is 26.9 Å². The summed E-state index contributed by atoms with van der Waals surface area (Å²) in [7, 11) is 1.25. The quantitative estimate of drug-likeness (QED) is 0.513. The first kappa shape index (κ1) is 17.8. The van der Waals surface area contributed by atoms with Gasteiger partial charge in [0, 0.05) is 11.8 Å². The van der Waals surface area contributed by atoms with Crippen molar-refractivity contribution < 1.29 is 19.1 Å². The zero-order valence-corrected chi connectivity index (χ0v) is 13.6.